The predicted molar refractivity (Wildman–Crippen MR) is 100 cm³/mol. The molecule has 1 fully saturated rings. The summed E-state index contributed by atoms with van der Waals surface area (Å²) >= 11 is 0. The monoisotopic (exact) mass is 347 g/mol. The summed E-state index contributed by atoms with van der Waals surface area (Å²) in [4.78, 5) is 19.0. The van der Waals surface area contributed by atoms with Crippen molar-refractivity contribution in [2.75, 3.05) is 11.4 Å². The van der Waals surface area contributed by atoms with Gasteiger partial charge in [0.1, 0.15) is 0 Å². The second kappa shape index (κ2) is 6.41. The summed E-state index contributed by atoms with van der Waals surface area (Å²) in [5.41, 5.74) is 5.33. The number of hydrogen-bond acceptors (Lipinski definition) is 4. The number of carbonyl (C=O) groups excluding carboxylic acids is 1. The molecule has 0 N–H and O–H groups in total. The first-order valence-electron chi connectivity index (χ1n) is 8.81. The highest BCUT2D eigenvalue weighted by atomic mass is 16.5. The first kappa shape index (κ1) is 16.5. The molecule has 1 unspecified atom stereocenters. The zero-order chi connectivity index (χ0) is 18.3. The molecule has 1 aliphatic heterocycles. The molecule has 5 heteroatoms. The number of hydrogen-bond donors (Lipinski definition) is 0. The maximum Gasteiger partial charge on any atom is 0.232 e. The van der Waals surface area contributed by atoms with Crippen LogP contribution in [0.15, 0.2) is 47.0 Å². The number of amides is 1. The molecule has 0 aliphatic carbocycles. The van der Waals surface area contributed by atoms with Crippen molar-refractivity contribution in [1.29, 1.82) is 0 Å². The van der Waals surface area contributed by atoms with Gasteiger partial charge >= 0.3 is 0 Å². The van der Waals surface area contributed by atoms with Gasteiger partial charge in [0.05, 0.1) is 5.92 Å². The Balaban J connectivity index is 1.60. The lowest BCUT2D eigenvalue weighted by atomic mass is 10.1. The van der Waals surface area contributed by atoms with E-state index < -0.39 is 0 Å². The lowest BCUT2D eigenvalue weighted by Gasteiger charge is -2.19. The SMILES string of the molecule is Cc1ccccc1-c1noc(C2CC(=O)N(c3cccc(C)c3C)C2)n1. The summed E-state index contributed by atoms with van der Waals surface area (Å²) in [7, 11) is 0. The second-order valence-electron chi connectivity index (χ2n) is 6.90. The maximum absolute atomic E-state index is 12.6. The van der Waals surface area contributed by atoms with Gasteiger partial charge in [-0.25, -0.2) is 0 Å². The van der Waals surface area contributed by atoms with Crippen LogP contribution in [0.3, 0.4) is 0 Å². The minimum Gasteiger partial charge on any atom is -0.339 e. The fourth-order valence-electron chi connectivity index (χ4n) is 3.47. The fourth-order valence-corrected chi connectivity index (χ4v) is 3.47. The van der Waals surface area contributed by atoms with E-state index in [2.05, 4.69) is 23.1 Å². The molecule has 1 atom stereocenters. The molecule has 0 bridgehead atoms. The van der Waals surface area contributed by atoms with E-state index in [4.69, 9.17) is 4.52 Å². The highest BCUT2D eigenvalue weighted by Gasteiger charge is 2.35. The van der Waals surface area contributed by atoms with Crippen molar-refractivity contribution in [3.05, 3.63) is 65.0 Å². The molecule has 26 heavy (non-hydrogen) atoms. The minimum atomic E-state index is -0.0762. The summed E-state index contributed by atoms with van der Waals surface area (Å²) < 4.78 is 5.50. The van der Waals surface area contributed by atoms with E-state index >= 15 is 0 Å². The minimum absolute atomic E-state index is 0.0762. The van der Waals surface area contributed by atoms with Crippen LogP contribution in [0.5, 0.6) is 0 Å². The quantitative estimate of drug-likeness (QED) is 0.713. The van der Waals surface area contributed by atoms with Crippen LogP contribution in [0.4, 0.5) is 5.69 Å². The smallest absolute Gasteiger partial charge is 0.232 e. The molecule has 1 aromatic heterocycles. The van der Waals surface area contributed by atoms with Gasteiger partial charge in [-0.3, -0.25) is 4.79 Å². The third-order valence-corrected chi connectivity index (χ3v) is 5.17. The van der Waals surface area contributed by atoms with Crippen molar-refractivity contribution in [3.63, 3.8) is 0 Å². The highest BCUT2D eigenvalue weighted by molar-refractivity contribution is 5.97. The Morgan fingerprint density at radius 1 is 1.04 bits per heavy atom. The van der Waals surface area contributed by atoms with Gasteiger partial charge in [0, 0.05) is 24.2 Å². The van der Waals surface area contributed by atoms with Crippen molar-refractivity contribution in [2.45, 2.75) is 33.1 Å². The Labute approximate surface area is 152 Å². The van der Waals surface area contributed by atoms with Crippen molar-refractivity contribution in [2.24, 2.45) is 0 Å². The Bertz CT molecular complexity index is 977. The van der Waals surface area contributed by atoms with E-state index in [-0.39, 0.29) is 11.8 Å². The van der Waals surface area contributed by atoms with E-state index in [1.165, 1.54) is 5.56 Å². The number of benzene rings is 2. The van der Waals surface area contributed by atoms with Crippen molar-refractivity contribution >= 4 is 11.6 Å². The number of aromatic nitrogens is 2. The molecule has 0 spiro atoms. The Morgan fingerprint density at radius 2 is 1.81 bits per heavy atom. The average molecular weight is 347 g/mol. The van der Waals surface area contributed by atoms with Crippen LogP contribution in [0.25, 0.3) is 11.4 Å². The topological polar surface area (TPSA) is 59.2 Å². The normalized spacial score (nSPS) is 17.1. The van der Waals surface area contributed by atoms with Gasteiger partial charge in [-0.2, -0.15) is 4.98 Å². The zero-order valence-corrected chi connectivity index (χ0v) is 15.2. The van der Waals surface area contributed by atoms with E-state index in [0.717, 1.165) is 22.4 Å². The molecule has 0 saturated carbocycles. The predicted octanol–water partition coefficient (Wildman–Crippen LogP) is 4.18. The lowest BCUT2D eigenvalue weighted by molar-refractivity contribution is -0.117. The Hall–Kier alpha value is -2.95. The van der Waals surface area contributed by atoms with E-state index in [9.17, 15) is 4.79 Å². The molecule has 132 valence electrons. The molecule has 5 nitrogen and oxygen atoms in total. The van der Waals surface area contributed by atoms with Crippen molar-refractivity contribution in [3.8, 4) is 11.4 Å². The number of carbonyl (C=O) groups is 1. The first-order valence-corrected chi connectivity index (χ1v) is 8.81. The second-order valence-corrected chi connectivity index (χ2v) is 6.90. The number of anilines is 1. The summed E-state index contributed by atoms with van der Waals surface area (Å²) in [6.45, 7) is 6.70. The Morgan fingerprint density at radius 3 is 2.62 bits per heavy atom. The lowest BCUT2D eigenvalue weighted by Crippen LogP contribution is -2.25. The van der Waals surface area contributed by atoms with Crippen LogP contribution in [0.1, 0.15) is 34.9 Å². The molecule has 1 saturated heterocycles. The molecule has 4 rings (SSSR count). The van der Waals surface area contributed by atoms with Crippen LogP contribution in [-0.4, -0.2) is 22.6 Å². The molecule has 3 aromatic rings. The number of rotatable bonds is 3. The van der Waals surface area contributed by atoms with Gasteiger partial charge in [0.2, 0.25) is 17.6 Å². The summed E-state index contributed by atoms with van der Waals surface area (Å²) in [6, 6.07) is 14.0. The highest BCUT2D eigenvalue weighted by Crippen LogP contribution is 2.34. The average Bonchev–Trinajstić information content (AvgIpc) is 3.25. The summed E-state index contributed by atoms with van der Waals surface area (Å²) in [5, 5.41) is 4.13. The molecule has 1 aliphatic rings. The van der Waals surface area contributed by atoms with Crippen LogP contribution >= 0.6 is 0 Å². The first-order chi connectivity index (χ1) is 12.5. The Kier molecular flexibility index (Phi) is 4.07. The molecule has 2 heterocycles. The van der Waals surface area contributed by atoms with E-state index in [1.54, 1.807) is 0 Å². The zero-order valence-electron chi connectivity index (χ0n) is 15.2. The number of nitrogens with zero attached hydrogens (tertiary/aromatic N) is 3. The maximum atomic E-state index is 12.6. The molecule has 1 amide bonds. The fraction of sp³-hybridized carbons (Fsp3) is 0.286. The van der Waals surface area contributed by atoms with Crippen molar-refractivity contribution in [1.82, 2.24) is 10.1 Å². The molecule has 2 aromatic carbocycles. The van der Waals surface area contributed by atoms with Gasteiger partial charge in [0.25, 0.3) is 0 Å². The number of aryl methyl sites for hydroxylation is 2. The largest absolute Gasteiger partial charge is 0.339 e. The van der Waals surface area contributed by atoms with Gasteiger partial charge < -0.3 is 9.42 Å². The van der Waals surface area contributed by atoms with Gasteiger partial charge in [-0.1, -0.05) is 41.6 Å². The van der Waals surface area contributed by atoms with Crippen LogP contribution in [0.2, 0.25) is 0 Å². The third-order valence-electron chi connectivity index (χ3n) is 5.17. The van der Waals surface area contributed by atoms with Crippen LogP contribution in [0, 0.1) is 20.8 Å². The van der Waals surface area contributed by atoms with E-state index in [0.29, 0.717) is 24.7 Å². The van der Waals surface area contributed by atoms with Crippen LogP contribution < -0.4 is 4.90 Å². The van der Waals surface area contributed by atoms with Gasteiger partial charge in [-0.05, 0) is 43.5 Å². The summed E-state index contributed by atoms with van der Waals surface area (Å²) in [6.07, 6.45) is 0.392. The molecular formula is C21H21N3O2. The van der Waals surface area contributed by atoms with Gasteiger partial charge in [0.15, 0.2) is 0 Å². The van der Waals surface area contributed by atoms with E-state index in [1.807, 2.05) is 55.1 Å². The molecule has 0 radical (unpaired) electrons. The van der Waals surface area contributed by atoms with Crippen LogP contribution in [-0.2, 0) is 4.79 Å². The summed E-state index contributed by atoms with van der Waals surface area (Å²) in [5.74, 6) is 1.13. The molecular weight excluding hydrogens is 326 g/mol. The van der Waals surface area contributed by atoms with Gasteiger partial charge in [-0.15, -0.1) is 0 Å². The third kappa shape index (κ3) is 2.79. The van der Waals surface area contributed by atoms with Crippen molar-refractivity contribution < 1.29 is 9.32 Å². The standard InChI is InChI=1S/C21H21N3O2/c1-13-8-6-10-18(15(13)3)24-12-16(11-19(24)25)21-22-20(23-26-21)17-9-5-4-7-14(17)2/h4-10,16H,11-12H2,1-3H3.